The van der Waals surface area contributed by atoms with Gasteiger partial charge in [-0.25, -0.2) is 0 Å². The third kappa shape index (κ3) is 44.0. The Balaban J connectivity index is 1.97. The van der Waals surface area contributed by atoms with Gasteiger partial charge < -0.3 is 45.1 Å². The van der Waals surface area contributed by atoms with E-state index >= 15 is 0 Å². The van der Waals surface area contributed by atoms with Gasteiger partial charge in [0.15, 0.2) is 6.29 Å². The summed E-state index contributed by atoms with van der Waals surface area (Å²) >= 11 is 0. The van der Waals surface area contributed by atoms with Crippen molar-refractivity contribution in [2.45, 2.75) is 358 Å². The summed E-state index contributed by atoms with van der Waals surface area (Å²) in [6, 6.07) is -0.814. The van der Waals surface area contributed by atoms with E-state index in [4.69, 9.17) is 14.2 Å². The lowest BCUT2D eigenvalue weighted by molar-refractivity contribution is -0.302. The zero-order valence-corrected chi connectivity index (χ0v) is 49.5. The van der Waals surface area contributed by atoms with Crippen molar-refractivity contribution in [1.29, 1.82) is 0 Å². The molecule has 7 unspecified atom stereocenters. The highest BCUT2D eigenvalue weighted by Crippen LogP contribution is 2.23. The number of hydrogen-bond acceptors (Lipinski definition) is 10. The maximum atomic E-state index is 13.0. The predicted octanol–water partition coefficient (Wildman–Crippen LogP) is 15.7. The molecule has 1 fully saturated rings. The molecule has 0 aromatic rings. The molecular weight excluding hydrogens is 955 g/mol. The number of allylic oxidation sites excluding steroid dienone is 3. The van der Waals surface area contributed by atoms with E-state index < -0.39 is 49.5 Å². The van der Waals surface area contributed by atoms with Gasteiger partial charge in [0.2, 0.25) is 5.91 Å². The largest absolute Gasteiger partial charge is 0.466 e. The number of aliphatic hydroxyl groups is 5. The molecular formula is C65H123NO10. The highest BCUT2D eigenvalue weighted by molar-refractivity contribution is 5.76. The molecule has 11 heteroatoms. The van der Waals surface area contributed by atoms with Crippen LogP contribution in [0.2, 0.25) is 0 Å². The van der Waals surface area contributed by atoms with Gasteiger partial charge in [-0.05, 0) is 57.8 Å². The predicted molar refractivity (Wildman–Crippen MR) is 315 cm³/mol. The molecule has 11 nitrogen and oxygen atoms in total. The van der Waals surface area contributed by atoms with Crippen molar-refractivity contribution in [1.82, 2.24) is 5.32 Å². The molecule has 0 bridgehead atoms. The fourth-order valence-electron chi connectivity index (χ4n) is 10.4. The Morgan fingerprint density at radius 3 is 1.26 bits per heavy atom. The van der Waals surface area contributed by atoms with Crippen molar-refractivity contribution in [3.05, 3.63) is 24.3 Å². The standard InChI is InChI=1S/C65H123NO10/c1-3-5-7-9-11-13-14-15-16-17-24-27-30-33-37-41-45-49-53-61(70)74-54-50-46-42-38-34-31-28-25-22-20-18-19-21-23-26-29-32-36-40-44-48-52-60(69)66-57(58(68)51-47-43-39-35-12-10-8-6-4-2)56-75-65-64(73)63(72)62(71)59(55-67)76-65/h19,21,47,51,57-59,62-65,67-68,71-73H,3-18,20,22-46,48-50,52-56H2,1-2H3,(H,66,69)/b21-19-,51-47+. The Labute approximate surface area is 467 Å². The molecule has 7 atom stereocenters. The lowest BCUT2D eigenvalue weighted by Crippen LogP contribution is -2.60. The van der Waals surface area contributed by atoms with Crippen LogP contribution in [0.25, 0.3) is 0 Å². The Morgan fingerprint density at radius 1 is 0.474 bits per heavy atom. The lowest BCUT2D eigenvalue weighted by Gasteiger charge is -2.40. The van der Waals surface area contributed by atoms with Crippen LogP contribution in [0.15, 0.2) is 24.3 Å². The van der Waals surface area contributed by atoms with Crippen LogP contribution in [0.5, 0.6) is 0 Å². The summed E-state index contributed by atoms with van der Waals surface area (Å²) in [5.74, 6) is -0.191. The van der Waals surface area contributed by atoms with Crippen LogP contribution in [0, 0.1) is 0 Å². The van der Waals surface area contributed by atoms with Crippen molar-refractivity contribution in [2.24, 2.45) is 0 Å². The van der Waals surface area contributed by atoms with E-state index in [-0.39, 0.29) is 18.5 Å². The van der Waals surface area contributed by atoms with Gasteiger partial charge in [-0.2, -0.15) is 0 Å². The average Bonchev–Trinajstić information content (AvgIpc) is 3.42. The zero-order chi connectivity index (χ0) is 55.2. The van der Waals surface area contributed by atoms with Crippen LogP contribution < -0.4 is 5.32 Å². The van der Waals surface area contributed by atoms with Crippen molar-refractivity contribution in [3.8, 4) is 0 Å². The molecule has 0 aromatic heterocycles. The highest BCUT2D eigenvalue weighted by Gasteiger charge is 2.44. The Bertz CT molecular complexity index is 1310. The smallest absolute Gasteiger partial charge is 0.305 e. The fraction of sp³-hybridized carbons (Fsp3) is 0.908. The van der Waals surface area contributed by atoms with E-state index in [1.165, 1.54) is 212 Å². The molecule has 6 N–H and O–H groups in total. The first-order chi connectivity index (χ1) is 37.2. The number of aliphatic hydroxyl groups excluding tert-OH is 5. The number of ether oxygens (including phenoxy) is 3. The van der Waals surface area contributed by atoms with Gasteiger partial charge in [0.1, 0.15) is 24.4 Å². The normalized spacial score (nSPS) is 18.8. The van der Waals surface area contributed by atoms with Crippen LogP contribution in [0.1, 0.15) is 316 Å². The lowest BCUT2D eigenvalue weighted by atomic mass is 9.99. The van der Waals surface area contributed by atoms with E-state index in [0.717, 1.165) is 77.0 Å². The topological polar surface area (TPSA) is 175 Å². The summed E-state index contributed by atoms with van der Waals surface area (Å²) in [6.07, 6.45) is 57.3. The Kier molecular flexibility index (Phi) is 52.3. The summed E-state index contributed by atoms with van der Waals surface area (Å²) in [5.41, 5.74) is 0. The summed E-state index contributed by atoms with van der Waals surface area (Å²) in [6.45, 7) is 4.33. The molecule has 0 aliphatic carbocycles. The third-order valence-corrected chi connectivity index (χ3v) is 15.6. The van der Waals surface area contributed by atoms with Gasteiger partial charge in [-0.1, -0.05) is 269 Å². The fourth-order valence-corrected chi connectivity index (χ4v) is 10.4. The second-order valence-corrected chi connectivity index (χ2v) is 22.8. The number of rotatable bonds is 57. The van der Waals surface area contributed by atoms with E-state index in [2.05, 4.69) is 31.3 Å². The van der Waals surface area contributed by atoms with Crippen molar-refractivity contribution < 1.29 is 49.3 Å². The third-order valence-electron chi connectivity index (χ3n) is 15.6. The van der Waals surface area contributed by atoms with Gasteiger partial charge in [0.25, 0.3) is 0 Å². The molecule has 76 heavy (non-hydrogen) atoms. The number of hydrogen-bond donors (Lipinski definition) is 6. The van der Waals surface area contributed by atoms with Gasteiger partial charge in [-0.3, -0.25) is 9.59 Å². The first-order valence-corrected chi connectivity index (χ1v) is 32.6. The van der Waals surface area contributed by atoms with E-state index in [1.807, 2.05) is 6.08 Å². The molecule has 0 aromatic carbocycles. The van der Waals surface area contributed by atoms with Gasteiger partial charge >= 0.3 is 5.97 Å². The van der Waals surface area contributed by atoms with Gasteiger partial charge in [-0.15, -0.1) is 0 Å². The molecule has 1 heterocycles. The maximum Gasteiger partial charge on any atom is 0.305 e. The second kappa shape index (κ2) is 55.1. The average molecular weight is 1080 g/mol. The quantitative estimate of drug-likeness (QED) is 0.0195. The monoisotopic (exact) mass is 1080 g/mol. The number of nitrogens with one attached hydrogen (secondary N) is 1. The molecule has 1 saturated heterocycles. The van der Waals surface area contributed by atoms with Crippen molar-refractivity contribution in [2.75, 3.05) is 19.8 Å². The number of carbonyl (C=O) groups is 2. The summed E-state index contributed by atoms with van der Waals surface area (Å²) < 4.78 is 16.7. The van der Waals surface area contributed by atoms with Crippen molar-refractivity contribution in [3.63, 3.8) is 0 Å². The Morgan fingerprint density at radius 2 is 0.842 bits per heavy atom. The first-order valence-electron chi connectivity index (χ1n) is 32.6. The summed E-state index contributed by atoms with van der Waals surface area (Å²) in [4.78, 5) is 25.1. The maximum absolute atomic E-state index is 13.0. The SMILES string of the molecule is CCCCCCCCC/C=C/C(O)C(COC1OC(CO)C(O)C(O)C1O)NC(=O)CCCCCCCCC/C=C\CCCCCCCCCCCCOC(=O)CCCCCCCCCCCCCCCCCCCC. The molecule has 1 aliphatic heterocycles. The van der Waals surface area contributed by atoms with Crippen LogP contribution in [-0.4, -0.2) is 100 Å². The van der Waals surface area contributed by atoms with E-state index in [9.17, 15) is 35.1 Å². The van der Waals surface area contributed by atoms with Crippen LogP contribution in [-0.2, 0) is 23.8 Å². The molecule has 0 radical (unpaired) electrons. The molecule has 0 spiro atoms. The summed E-state index contributed by atoms with van der Waals surface area (Å²) in [7, 11) is 0. The molecule has 1 amide bonds. The minimum absolute atomic E-state index is 0.000305. The van der Waals surface area contributed by atoms with Crippen LogP contribution >= 0.6 is 0 Å². The number of amides is 1. The summed E-state index contributed by atoms with van der Waals surface area (Å²) in [5, 5.41) is 54.2. The Hall–Kier alpha value is -1.86. The van der Waals surface area contributed by atoms with E-state index in [1.54, 1.807) is 6.08 Å². The van der Waals surface area contributed by atoms with Crippen molar-refractivity contribution >= 4 is 11.9 Å². The minimum atomic E-state index is -1.57. The second-order valence-electron chi connectivity index (χ2n) is 22.8. The van der Waals surface area contributed by atoms with Crippen LogP contribution in [0.3, 0.4) is 0 Å². The number of esters is 1. The first kappa shape index (κ1) is 72.2. The number of unbranched alkanes of at least 4 members (excludes halogenated alkanes) is 41. The number of carbonyl (C=O) groups excluding carboxylic acids is 2. The highest BCUT2D eigenvalue weighted by atomic mass is 16.7. The zero-order valence-electron chi connectivity index (χ0n) is 49.5. The molecule has 448 valence electrons. The molecule has 1 aliphatic rings. The van der Waals surface area contributed by atoms with Gasteiger partial charge in [0.05, 0.1) is 32.0 Å². The van der Waals surface area contributed by atoms with Gasteiger partial charge in [0, 0.05) is 12.8 Å². The minimum Gasteiger partial charge on any atom is -0.466 e. The van der Waals surface area contributed by atoms with E-state index in [0.29, 0.717) is 19.4 Å². The molecule has 0 saturated carbocycles. The molecule has 1 rings (SSSR count). The van der Waals surface area contributed by atoms with Crippen LogP contribution in [0.4, 0.5) is 0 Å².